The lowest BCUT2D eigenvalue weighted by molar-refractivity contribution is -0.120. The Morgan fingerprint density at radius 2 is 2.19 bits per heavy atom. The molecule has 0 bridgehead atoms. The molecule has 2 heterocycles. The van der Waals surface area contributed by atoms with E-state index >= 15 is 0 Å². The van der Waals surface area contributed by atoms with Crippen molar-refractivity contribution in [2.75, 3.05) is 20.3 Å². The molecule has 1 N–H and O–H groups in total. The van der Waals surface area contributed by atoms with Gasteiger partial charge in [0.15, 0.2) is 11.5 Å². The maximum Gasteiger partial charge on any atom is 0.220 e. The van der Waals surface area contributed by atoms with Crippen LogP contribution in [-0.2, 0) is 16.6 Å². The van der Waals surface area contributed by atoms with Crippen LogP contribution < -0.4 is 14.8 Å². The Hall–Kier alpha value is -1.71. The third-order valence-electron chi connectivity index (χ3n) is 5.58. The third kappa shape index (κ3) is 1.78. The van der Waals surface area contributed by atoms with E-state index in [1.807, 2.05) is 6.07 Å². The van der Waals surface area contributed by atoms with E-state index in [9.17, 15) is 4.79 Å². The van der Waals surface area contributed by atoms with Gasteiger partial charge in [-0.05, 0) is 43.2 Å². The van der Waals surface area contributed by atoms with Gasteiger partial charge < -0.3 is 14.8 Å². The van der Waals surface area contributed by atoms with Gasteiger partial charge in [-0.15, -0.1) is 0 Å². The standard InChI is InChI=1S/C17H21NO3/c1-20-13-6-3-11-2-4-12-5-7-14(19)18-10-17(12)8-9-21-16(13)15(11)17/h3,6,12H,2,4-5,7-10H2,1H3,(H,18,19). The summed E-state index contributed by atoms with van der Waals surface area (Å²) in [6.45, 7) is 1.45. The molecule has 4 nitrogen and oxygen atoms in total. The highest BCUT2D eigenvalue weighted by atomic mass is 16.5. The van der Waals surface area contributed by atoms with Crippen molar-refractivity contribution in [1.82, 2.24) is 5.32 Å². The van der Waals surface area contributed by atoms with Crippen LogP contribution in [0.4, 0.5) is 0 Å². The molecule has 2 aliphatic heterocycles. The minimum absolute atomic E-state index is 0.0435. The maximum atomic E-state index is 11.9. The lowest BCUT2D eigenvalue weighted by Gasteiger charge is -2.48. The molecule has 112 valence electrons. The average Bonchev–Trinajstić information content (AvgIpc) is 2.68. The second kappa shape index (κ2) is 4.65. The summed E-state index contributed by atoms with van der Waals surface area (Å²) < 4.78 is 11.5. The minimum Gasteiger partial charge on any atom is -0.493 e. The monoisotopic (exact) mass is 287 g/mol. The molecule has 0 radical (unpaired) electrons. The topological polar surface area (TPSA) is 47.6 Å². The molecule has 4 heteroatoms. The van der Waals surface area contributed by atoms with Gasteiger partial charge in [0.25, 0.3) is 0 Å². The zero-order chi connectivity index (χ0) is 14.4. The number of hydrogen-bond donors (Lipinski definition) is 1. The number of amides is 1. The van der Waals surface area contributed by atoms with Gasteiger partial charge in [-0.1, -0.05) is 6.07 Å². The summed E-state index contributed by atoms with van der Waals surface area (Å²) in [6, 6.07) is 4.19. The van der Waals surface area contributed by atoms with E-state index < -0.39 is 0 Å². The van der Waals surface area contributed by atoms with Gasteiger partial charge in [-0.2, -0.15) is 0 Å². The first-order valence-electron chi connectivity index (χ1n) is 7.84. The molecule has 1 aromatic carbocycles. The Morgan fingerprint density at radius 1 is 1.33 bits per heavy atom. The number of rotatable bonds is 1. The Balaban J connectivity index is 1.91. The molecule has 2 unspecified atom stereocenters. The van der Waals surface area contributed by atoms with E-state index in [-0.39, 0.29) is 11.3 Å². The summed E-state index contributed by atoms with van der Waals surface area (Å²) >= 11 is 0. The summed E-state index contributed by atoms with van der Waals surface area (Å²) in [7, 11) is 1.69. The average molecular weight is 287 g/mol. The van der Waals surface area contributed by atoms with Gasteiger partial charge in [0.05, 0.1) is 13.7 Å². The van der Waals surface area contributed by atoms with Gasteiger partial charge in [0, 0.05) is 23.9 Å². The number of benzene rings is 1. The molecule has 4 rings (SSSR count). The number of carbonyl (C=O) groups excluding carboxylic acids is 1. The highest BCUT2D eigenvalue weighted by Gasteiger charge is 2.49. The Labute approximate surface area is 124 Å². The van der Waals surface area contributed by atoms with Crippen molar-refractivity contribution in [3.05, 3.63) is 23.3 Å². The van der Waals surface area contributed by atoms with E-state index in [0.29, 0.717) is 18.9 Å². The van der Waals surface area contributed by atoms with Crippen LogP contribution in [0.5, 0.6) is 11.5 Å². The van der Waals surface area contributed by atoms with Crippen LogP contribution in [0.1, 0.15) is 36.8 Å². The molecular formula is C17H21NO3. The summed E-state index contributed by atoms with van der Waals surface area (Å²) in [4.78, 5) is 11.9. The fourth-order valence-electron chi connectivity index (χ4n) is 4.53. The van der Waals surface area contributed by atoms with E-state index in [4.69, 9.17) is 9.47 Å². The molecule has 21 heavy (non-hydrogen) atoms. The van der Waals surface area contributed by atoms with Gasteiger partial charge in [0.1, 0.15) is 0 Å². The predicted molar refractivity (Wildman–Crippen MR) is 78.8 cm³/mol. The fraction of sp³-hybridized carbons (Fsp3) is 0.588. The van der Waals surface area contributed by atoms with Crippen molar-refractivity contribution in [3.8, 4) is 11.5 Å². The summed E-state index contributed by atoms with van der Waals surface area (Å²) in [5, 5.41) is 3.14. The number of hydrogen-bond acceptors (Lipinski definition) is 3. The Kier molecular flexibility index (Phi) is 2.88. The molecule has 3 aliphatic rings. The minimum atomic E-state index is 0.0435. The first-order chi connectivity index (χ1) is 10.2. The number of aryl methyl sites for hydroxylation is 1. The van der Waals surface area contributed by atoms with Gasteiger partial charge in [-0.25, -0.2) is 0 Å². The normalized spacial score (nSPS) is 30.3. The molecule has 1 aliphatic carbocycles. The van der Waals surface area contributed by atoms with Crippen molar-refractivity contribution >= 4 is 5.91 Å². The first-order valence-corrected chi connectivity index (χ1v) is 7.84. The van der Waals surface area contributed by atoms with E-state index in [2.05, 4.69) is 11.4 Å². The predicted octanol–water partition coefficient (Wildman–Crippen LogP) is 2.19. The van der Waals surface area contributed by atoms with Crippen LogP contribution in [-0.4, -0.2) is 26.2 Å². The molecule has 1 saturated heterocycles. The summed E-state index contributed by atoms with van der Waals surface area (Å²) in [5.74, 6) is 2.50. The SMILES string of the molecule is COc1ccc2c3c1OCCC31CNC(=O)CCC1CC2. The van der Waals surface area contributed by atoms with Crippen molar-refractivity contribution < 1.29 is 14.3 Å². The first kappa shape index (κ1) is 13.0. The number of nitrogens with one attached hydrogen (secondary N) is 1. The van der Waals surface area contributed by atoms with Crippen LogP contribution in [0.2, 0.25) is 0 Å². The van der Waals surface area contributed by atoms with E-state index in [0.717, 1.165) is 37.3 Å². The third-order valence-corrected chi connectivity index (χ3v) is 5.58. The van der Waals surface area contributed by atoms with Crippen LogP contribution in [0.25, 0.3) is 0 Å². The lowest BCUT2D eigenvalue weighted by Crippen LogP contribution is -2.49. The van der Waals surface area contributed by atoms with Crippen molar-refractivity contribution in [3.63, 3.8) is 0 Å². The second-order valence-corrected chi connectivity index (χ2v) is 6.44. The summed E-state index contributed by atoms with van der Waals surface area (Å²) in [6.07, 6.45) is 4.89. The van der Waals surface area contributed by atoms with Gasteiger partial charge >= 0.3 is 0 Å². The fourth-order valence-corrected chi connectivity index (χ4v) is 4.53. The van der Waals surface area contributed by atoms with Gasteiger partial charge in [0.2, 0.25) is 5.91 Å². The van der Waals surface area contributed by atoms with Crippen LogP contribution in [0.3, 0.4) is 0 Å². The summed E-state index contributed by atoms with van der Waals surface area (Å²) in [5.41, 5.74) is 2.73. The molecule has 1 fully saturated rings. The number of ether oxygens (including phenoxy) is 2. The van der Waals surface area contributed by atoms with Crippen molar-refractivity contribution in [2.24, 2.45) is 5.92 Å². The van der Waals surface area contributed by atoms with Crippen molar-refractivity contribution in [1.29, 1.82) is 0 Å². The highest BCUT2D eigenvalue weighted by molar-refractivity contribution is 5.76. The molecule has 0 saturated carbocycles. The van der Waals surface area contributed by atoms with Crippen LogP contribution in [0.15, 0.2) is 12.1 Å². The molecule has 0 aromatic heterocycles. The lowest BCUT2D eigenvalue weighted by atomic mass is 9.59. The van der Waals surface area contributed by atoms with E-state index in [1.54, 1.807) is 7.11 Å². The van der Waals surface area contributed by atoms with Crippen LogP contribution >= 0.6 is 0 Å². The quantitative estimate of drug-likeness (QED) is 0.861. The molecular weight excluding hydrogens is 266 g/mol. The molecule has 2 atom stereocenters. The molecule has 1 aromatic rings. The van der Waals surface area contributed by atoms with Crippen molar-refractivity contribution in [2.45, 2.75) is 37.5 Å². The van der Waals surface area contributed by atoms with Crippen LogP contribution in [0, 0.1) is 5.92 Å². The van der Waals surface area contributed by atoms with E-state index in [1.165, 1.54) is 17.5 Å². The number of methoxy groups -OCH3 is 1. The Bertz CT molecular complexity index is 598. The number of carbonyl (C=O) groups is 1. The molecule has 1 spiro atoms. The van der Waals surface area contributed by atoms with Gasteiger partial charge in [-0.3, -0.25) is 4.79 Å². The second-order valence-electron chi connectivity index (χ2n) is 6.44. The Morgan fingerprint density at radius 3 is 3.05 bits per heavy atom. The zero-order valence-electron chi connectivity index (χ0n) is 12.4. The molecule has 1 amide bonds. The zero-order valence-corrected chi connectivity index (χ0v) is 12.4. The highest BCUT2D eigenvalue weighted by Crippen LogP contribution is 2.54. The largest absolute Gasteiger partial charge is 0.493 e. The maximum absolute atomic E-state index is 11.9. The smallest absolute Gasteiger partial charge is 0.220 e.